The number of aromatic nitrogens is 1. The Morgan fingerprint density at radius 1 is 1.33 bits per heavy atom. The van der Waals surface area contributed by atoms with Crippen LogP contribution >= 0.6 is 11.6 Å². The van der Waals surface area contributed by atoms with E-state index in [9.17, 15) is 8.78 Å². The summed E-state index contributed by atoms with van der Waals surface area (Å²) in [6, 6.07) is 7.78. The van der Waals surface area contributed by atoms with Gasteiger partial charge in [-0.3, -0.25) is 0 Å². The topological polar surface area (TPSA) is 51.4 Å². The Morgan fingerprint density at radius 3 is 2.71 bits per heavy atom. The molecule has 1 heterocycles. The molecule has 21 heavy (non-hydrogen) atoms. The van der Waals surface area contributed by atoms with Crippen LogP contribution in [0.2, 0.25) is 5.02 Å². The molecule has 1 aromatic heterocycles. The van der Waals surface area contributed by atoms with Crippen LogP contribution in [0.3, 0.4) is 0 Å². The summed E-state index contributed by atoms with van der Waals surface area (Å²) in [6.07, 6.45) is -1.11. The van der Waals surface area contributed by atoms with Gasteiger partial charge in [0.25, 0.3) is 6.43 Å². The van der Waals surface area contributed by atoms with Crippen LogP contribution in [0.4, 0.5) is 14.5 Å². The Bertz CT molecular complexity index is 597. The highest BCUT2D eigenvalue weighted by Crippen LogP contribution is 2.31. The molecule has 0 aliphatic rings. The third kappa shape index (κ3) is 3.59. The number of benzene rings is 1. The van der Waals surface area contributed by atoms with E-state index in [2.05, 4.69) is 4.98 Å². The lowest BCUT2D eigenvalue weighted by molar-refractivity contribution is 0.148. The van der Waals surface area contributed by atoms with E-state index in [4.69, 9.17) is 22.2 Å². The molecule has 1 aromatic carbocycles. The first kappa shape index (κ1) is 15.5. The maximum absolute atomic E-state index is 13.1. The average Bonchev–Trinajstić information content (AvgIpc) is 2.45. The molecule has 0 atom stereocenters. The van der Waals surface area contributed by atoms with E-state index in [-0.39, 0.29) is 18.1 Å². The third-order valence-electron chi connectivity index (χ3n) is 2.88. The van der Waals surface area contributed by atoms with Crippen LogP contribution in [0, 0.1) is 0 Å². The first-order chi connectivity index (χ1) is 10.0. The molecule has 112 valence electrons. The average molecular weight is 314 g/mol. The van der Waals surface area contributed by atoms with Gasteiger partial charge < -0.3 is 9.75 Å². The summed E-state index contributed by atoms with van der Waals surface area (Å²) < 4.78 is 31.7. The van der Waals surface area contributed by atoms with E-state index < -0.39 is 6.43 Å². The fourth-order valence-electron chi connectivity index (χ4n) is 1.90. The number of nitrogens with two attached hydrogens (primary N) is 1. The Labute approximate surface area is 126 Å². The highest BCUT2D eigenvalue weighted by molar-refractivity contribution is 6.31. The summed E-state index contributed by atoms with van der Waals surface area (Å²) in [5.41, 5.74) is 0.635. The normalized spacial score (nSPS) is 10.8. The lowest BCUT2D eigenvalue weighted by atomic mass is 10.1. The number of hydrazine groups is 1. The minimum Gasteiger partial charge on any atom is -0.472 e. The molecular weight excluding hydrogens is 300 g/mol. The predicted octanol–water partition coefficient (Wildman–Crippen LogP) is 3.56. The summed E-state index contributed by atoms with van der Waals surface area (Å²) >= 11 is 5.92. The fraction of sp³-hybridized carbons (Fsp3) is 0.214. The molecular formula is C14H14ClF2N3O. The summed E-state index contributed by atoms with van der Waals surface area (Å²) in [6.45, 7) is -0.103. The highest BCUT2D eigenvalue weighted by atomic mass is 35.5. The first-order valence-electron chi connectivity index (χ1n) is 6.12. The lowest BCUT2D eigenvalue weighted by Crippen LogP contribution is -2.27. The monoisotopic (exact) mass is 313 g/mol. The molecule has 0 unspecified atom stereocenters. The molecule has 7 heteroatoms. The zero-order valence-corrected chi connectivity index (χ0v) is 12.0. The lowest BCUT2D eigenvalue weighted by Gasteiger charge is -2.20. The van der Waals surface area contributed by atoms with Gasteiger partial charge in [-0.1, -0.05) is 23.7 Å². The van der Waals surface area contributed by atoms with Gasteiger partial charge in [0.2, 0.25) is 5.88 Å². The van der Waals surface area contributed by atoms with E-state index in [1.807, 2.05) is 0 Å². The first-order valence-corrected chi connectivity index (χ1v) is 6.50. The summed E-state index contributed by atoms with van der Waals surface area (Å²) in [7, 11) is 1.57. The van der Waals surface area contributed by atoms with Crippen LogP contribution in [0.25, 0.3) is 0 Å². The minimum absolute atomic E-state index is 0.103. The van der Waals surface area contributed by atoms with Crippen LogP contribution in [-0.2, 0) is 6.61 Å². The van der Waals surface area contributed by atoms with Gasteiger partial charge in [-0.05, 0) is 18.2 Å². The molecule has 0 fully saturated rings. The molecule has 4 nitrogen and oxygen atoms in total. The van der Waals surface area contributed by atoms with Gasteiger partial charge in [0.1, 0.15) is 11.6 Å². The van der Waals surface area contributed by atoms with Gasteiger partial charge in [0.05, 0.1) is 5.69 Å². The number of hydrogen-bond donors (Lipinski definition) is 1. The van der Waals surface area contributed by atoms with Crippen molar-refractivity contribution in [2.75, 3.05) is 12.1 Å². The Morgan fingerprint density at radius 2 is 2.10 bits per heavy atom. The quantitative estimate of drug-likeness (QED) is 0.677. The number of nitrogens with zero attached hydrogens (tertiary/aromatic N) is 2. The summed E-state index contributed by atoms with van der Waals surface area (Å²) in [4.78, 5) is 3.96. The van der Waals surface area contributed by atoms with Crippen molar-refractivity contribution in [1.82, 2.24) is 4.98 Å². The molecule has 2 aromatic rings. The standard InChI is InChI=1S/C14H14ClF2N3O/c1-20(18)12-6-2-4-9(13(16)17)10(12)8-21-14-11(15)5-3-7-19-14/h2-7,13H,8,18H2,1H3. The molecule has 0 saturated heterocycles. The molecule has 0 saturated carbocycles. The number of anilines is 1. The largest absolute Gasteiger partial charge is 0.472 e. The SMILES string of the molecule is CN(N)c1cccc(C(F)F)c1COc1ncccc1Cl. The Kier molecular flexibility index (Phi) is 4.93. The molecule has 2 rings (SSSR count). The van der Waals surface area contributed by atoms with E-state index in [0.29, 0.717) is 16.3 Å². The van der Waals surface area contributed by atoms with E-state index in [0.717, 1.165) is 0 Å². The van der Waals surface area contributed by atoms with Crippen LogP contribution in [0.5, 0.6) is 5.88 Å². The van der Waals surface area contributed by atoms with Crippen LogP contribution in [-0.4, -0.2) is 12.0 Å². The fourth-order valence-corrected chi connectivity index (χ4v) is 2.08. The number of halogens is 3. The van der Waals surface area contributed by atoms with Gasteiger partial charge >= 0.3 is 0 Å². The second-order valence-corrected chi connectivity index (χ2v) is 4.74. The van der Waals surface area contributed by atoms with Crippen molar-refractivity contribution in [3.8, 4) is 5.88 Å². The highest BCUT2D eigenvalue weighted by Gasteiger charge is 2.18. The third-order valence-corrected chi connectivity index (χ3v) is 3.17. The molecule has 2 N–H and O–H groups in total. The Balaban J connectivity index is 2.32. The predicted molar refractivity (Wildman–Crippen MR) is 77.6 cm³/mol. The van der Waals surface area contributed by atoms with Crippen molar-refractivity contribution in [2.45, 2.75) is 13.0 Å². The summed E-state index contributed by atoms with van der Waals surface area (Å²) in [5.74, 6) is 5.86. The number of ether oxygens (including phenoxy) is 1. The van der Waals surface area contributed by atoms with Gasteiger partial charge in [0, 0.05) is 24.4 Å². The van der Waals surface area contributed by atoms with Gasteiger partial charge in [-0.2, -0.15) is 0 Å². The number of alkyl halides is 2. The Hall–Kier alpha value is -1.92. The maximum Gasteiger partial charge on any atom is 0.264 e. The molecule has 0 amide bonds. The van der Waals surface area contributed by atoms with Crippen molar-refractivity contribution in [1.29, 1.82) is 0 Å². The van der Waals surface area contributed by atoms with Crippen molar-refractivity contribution < 1.29 is 13.5 Å². The van der Waals surface area contributed by atoms with Gasteiger partial charge in [-0.25, -0.2) is 19.6 Å². The maximum atomic E-state index is 13.1. The van der Waals surface area contributed by atoms with Gasteiger partial charge in [0.15, 0.2) is 0 Å². The van der Waals surface area contributed by atoms with Crippen molar-refractivity contribution in [2.24, 2.45) is 5.84 Å². The van der Waals surface area contributed by atoms with E-state index in [1.165, 1.54) is 23.3 Å². The molecule has 0 aliphatic carbocycles. The minimum atomic E-state index is -2.62. The van der Waals surface area contributed by atoms with E-state index >= 15 is 0 Å². The number of pyridine rings is 1. The van der Waals surface area contributed by atoms with Crippen LogP contribution in [0.1, 0.15) is 17.6 Å². The zero-order valence-electron chi connectivity index (χ0n) is 11.3. The second-order valence-electron chi connectivity index (χ2n) is 4.34. The zero-order chi connectivity index (χ0) is 15.4. The summed E-state index contributed by atoms with van der Waals surface area (Å²) in [5, 5.41) is 1.58. The van der Waals surface area contributed by atoms with Crippen LogP contribution < -0.4 is 15.6 Å². The number of rotatable bonds is 5. The molecule has 0 bridgehead atoms. The van der Waals surface area contributed by atoms with E-state index in [1.54, 1.807) is 25.2 Å². The van der Waals surface area contributed by atoms with Crippen molar-refractivity contribution >= 4 is 17.3 Å². The van der Waals surface area contributed by atoms with Crippen molar-refractivity contribution in [3.05, 3.63) is 52.7 Å². The van der Waals surface area contributed by atoms with Crippen molar-refractivity contribution in [3.63, 3.8) is 0 Å². The smallest absolute Gasteiger partial charge is 0.264 e. The van der Waals surface area contributed by atoms with Gasteiger partial charge in [-0.15, -0.1) is 0 Å². The second kappa shape index (κ2) is 6.69. The molecule has 0 spiro atoms. The molecule has 0 aliphatic heterocycles. The van der Waals surface area contributed by atoms with Crippen LogP contribution in [0.15, 0.2) is 36.5 Å². The molecule has 0 radical (unpaired) electrons. The number of hydrogen-bond acceptors (Lipinski definition) is 4.